The van der Waals surface area contributed by atoms with Gasteiger partial charge in [0.15, 0.2) is 0 Å². The van der Waals surface area contributed by atoms with E-state index in [1.807, 2.05) is 132 Å². The summed E-state index contributed by atoms with van der Waals surface area (Å²) in [7, 11) is 20.0. The van der Waals surface area contributed by atoms with Gasteiger partial charge in [-0.05, 0) is 107 Å². The van der Waals surface area contributed by atoms with Gasteiger partial charge in [0.1, 0.15) is 28.7 Å². The van der Waals surface area contributed by atoms with E-state index in [-0.39, 0.29) is 21.1 Å². The fraction of sp³-hybridized carbons (Fsp3) is 0. The third kappa shape index (κ3) is 11.4. The largest absolute Gasteiger partial charge is 2.00 e. The second-order valence-corrected chi connectivity index (χ2v) is 37.8. The van der Waals surface area contributed by atoms with Crippen LogP contribution in [0.3, 0.4) is 0 Å². The molecule has 0 atom stereocenters. The molecular weight excluding hydrogens is 1530 g/mol. The van der Waals surface area contributed by atoms with E-state index in [1.54, 1.807) is 12.4 Å². The molecule has 82 heavy (non-hydrogen) atoms. The zero-order valence-corrected chi connectivity index (χ0v) is 57.0. The Kier molecular flexibility index (Phi) is 17.7. The van der Waals surface area contributed by atoms with Gasteiger partial charge in [-0.25, -0.2) is 24.9 Å². The van der Waals surface area contributed by atoms with Crippen LogP contribution in [0.2, 0.25) is 0 Å². The van der Waals surface area contributed by atoms with Crippen LogP contribution in [0.25, 0.3) is 110 Å². The van der Waals surface area contributed by atoms with Crippen LogP contribution in [0.15, 0.2) is 219 Å². The van der Waals surface area contributed by atoms with Crippen molar-refractivity contribution in [2.75, 3.05) is 0 Å². The van der Waals surface area contributed by atoms with Crippen LogP contribution in [0.1, 0.15) is 0 Å². The Morgan fingerprint density at radius 3 is 1.63 bits per heavy atom. The summed E-state index contributed by atoms with van der Waals surface area (Å²) in [6, 6.07) is 67.4. The molecule has 0 spiro atoms. The second kappa shape index (κ2) is 25.1. The molecule has 396 valence electrons. The van der Waals surface area contributed by atoms with E-state index in [0.29, 0.717) is 23.3 Å². The van der Waals surface area contributed by atoms with Crippen LogP contribution in [-0.2, 0) is 33.0 Å². The number of fused-ring (bicyclic) bond motifs is 18. The van der Waals surface area contributed by atoms with E-state index in [1.165, 1.54) is 68.5 Å². The van der Waals surface area contributed by atoms with Crippen LogP contribution in [0, 0.1) is 12.1 Å². The summed E-state index contributed by atoms with van der Waals surface area (Å²) in [6.45, 7) is 0. The van der Waals surface area contributed by atoms with Crippen molar-refractivity contribution in [2.24, 2.45) is 0 Å². The Balaban J connectivity index is 0.000000145. The van der Waals surface area contributed by atoms with E-state index >= 15 is 0 Å². The molecule has 0 aliphatic heterocycles. The van der Waals surface area contributed by atoms with Crippen molar-refractivity contribution in [2.45, 2.75) is 0 Å². The topological polar surface area (TPSA) is 114 Å². The molecule has 16 rings (SSSR count). The molecule has 0 aliphatic rings. The summed E-state index contributed by atoms with van der Waals surface area (Å²) in [5, 5.41) is 8.69. The van der Waals surface area contributed by atoms with E-state index in [4.69, 9.17) is 57.1 Å². The number of nitrogens with zero attached hydrogens (tertiary/aromatic N) is 10. The van der Waals surface area contributed by atoms with Gasteiger partial charge in [0, 0.05) is 81.3 Å². The summed E-state index contributed by atoms with van der Waals surface area (Å²) < 4.78 is 21.0. The fourth-order valence-corrected chi connectivity index (χ4v) is 10.5. The Morgan fingerprint density at radius 1 is 0.427 bits per heavy atom. The Labute approximate surface area is 546 Å². The summed E-state index contributed by atoms with van der Waals surface area (Å²) in [4.78, 5) is 28.2. The zero-order chi connectivity index (χ0) is 55.2. The van der Waals surface area contributed by atoms with Crippen molar-refractivity contribution < 1.29 is 42.4 Å². The van der Waals surface area contributed by atoms with Gasteiger partial charge in [-0.3, -0.25) is 14.0 Å². The molecular formula is C62H36Cl4K2N10O2Pt2. The monoisotopic (exact) mass is 1560 g/mol. The van der Waals surface area contributed by atoms with E-state index in [9.17, 15) is 0 Å². The molecule has 20 heteroatoms. The van der Waals surface area contributed by atoms with Gasteiger partial charge in [0.2, 0.25) is 11.8 Å². The second-order valence-electron chi connectivity index (χ2n) is 18.1. The number of aromatic nitrogens is 10. The minimum absolute atomic E-state index is 0. The molecule has 16 aromatic rings. The Bertz CT molecular complexity index is 4710. The molecule has 0 saturated carbocycles. The SMILES string of the molecule is [Cl][Pt]([Cl])([Cl])[Cl].[K][K].[Pt+2].[c-]1c(Oc2ccc3c4cccnc4n4cc[c-]c4c3n2)ccc2c3ccccc3n(-c3ccccn3)c12.c1ccc(-n2c3ccccc3c3ccc(Oc4ccc5c6cccnc6n6cccc6c5n4)cc32)nc1. The summed E-state index contributed by atoms with van der Waals surface area (Å²) >= 11 is -0.556. The molecule has 0 N–H and O–H groups in total. The number of para-hydroxylation sites is 2. The first-order valence-electron chi connectivity index (χ1n) is 25.6. The van der Waals surface area contributed by atoms with Crippen molar-refractivity contribution in [1.29, 1.82) is 0 Å². The molecule has 0 bridgehead atoms. The van der Waals surface area contributed by atoms with Crippen molar-refractivity contribution in [3.8, 4) is 34.9 Å². The molecule has 4 aromatic carbocycles. The van der Waals surface area contributed by atoms with Crippen molar-refractivity contribution in [3.63, 3.8) is 0 Å². The van der Waals surface area contributed by atoms with Crippen LogP contribution in [0.4, 0.5) is 0 Å². The summed E-state index contributed by atoms with van der Waals surface area (Å²) in [5.41, 5.74) is 9.45. The Hall–Kier alpha value is -4.65. The molecule has 0 amide bonds. The summed E-state index contributed by atoms with van der Waals surface area (Å²) in [5.74, 6) is 4.02. The van der Waals surface area contributed by atoms with Crippen molar-refractivity contribution in [1.82, 2.24) is 47.8 Å². The van der Waals surface area contributed by atoms with Gasteiger partial charge in [0.25, 0.3) is 0 Å². The van der Waals surface area contributed by atoms with Gasteiger partial charge in [0.05, 0.1) is 22.1 Å². The van der Waals surface area contributed by atoms with Gasteiger partial charge in [-0.15, -0.1) is 17.5 Å². The van der Waals surface area contributed by atoms with Gasteiger partial charge >= 0.3 is 134 Å². The average molecular weight is 1560 g/mol. The number of halogens is 4. The smallest absolute Gasteiger partial charge is 0.466 e. The van der Waals surface area contributed by atoms with E-state index < -0.39 is 11.9 Å². The van der Waals surface area contributed by atoms with Gasteiger partial charge in [-0.2, -0.15) is 18.2 Å². The molecule has 0 saturated heterocycles. The minimum atomic E-state index is -3.06. The standard InChI is InChI=1S/C31H19N5O.C31H17N5O.4ClH.2K.2Pt/c2*1-2-9-25-21(7-1)22-13-12-20(19-27(22)36(25)28-11-3-4-16-32-28)37-29-15-14-23-24-8-5-17-33-31(24)35-18-6-10-26(35)30(23)34-29;;;;;;;;/h1-19H;1-9,11-18H;4*1H;;;;/q;-2;;;;;;;+2;+4/p-4. The number of hydrogen-bond acceptors (Lipinski definition) is 8. The predicted molar refractivity (Wildman–Crippen MR) is 326 cm³/mol. The maximum Gasteiger partial charge on any atom is 2.00 e. The molecule has 12 nitrogen and oxygen atoms in total. The van der Waals surface area contributed by atoms with Crippen molar-refractivity contribution >= 4 is 199 Å². The molecule has 0 radical (unpaired) electrons. The van der Waals surface area contributed by atoms with E-state index in [0.717, 1.165) is 105 Å². The third-order valence-corrected chi connectivity index (χ3v) is 13.6. The normalized spacial score (nSPS) is 11.7. The first-order chi connectivity index (χ1) is 39.7. The fourth-order valence-electron chi connectivity index (χ4n) is 10.5. The summed E-state index contributed by atoms with van der Waals surface area (Å²) in [6.07, 6.45) is 11.2. The first-order valence-corrected chi connectivity index (χ1v) is 52.8. The van der Waals surface area contributed by atoms with Crippen LogP contribution in [0.5, 0.6) is 23.3 Å². The predicted octanol–water partition coefficient (Wildman–Crippen LogP) is 16.2. The quantitative estimate of drug-likeness (QED) is 0.0919. The number of hydrogen-bond donors (Lipinski definition) is 0. The zero-order valence-electron chi connectivity index (χ0n) is 43.2. The molecule has 12 heterocycles. The molecule has 0 fully saturated rings. The maximum atomic E-state index is 6.35. The van der Waals surface area contributed by atoms with Crippen molar-refractivity contribution in [3.05, 3.63) is 231 Å². The van der Waals surface area contributed by atoms with Crippen LogP contribution < -0.4 is 9.47 Å². The Morgan fingerprint density at radius 2 is 0.951 bits per heavy atom. The molecule has 0 unspecified atom stereocenters. The van der Waals surface area contributed by atoms with Crippen LogP contribution in [-0.4, -0.2) is 111 Å². The van der Waals surface area contributed by atoms with Gasteiger partial charge < -0.3 is 18.4 Å². The minimum Gasteiger partial charge on any atom is -0.466 e. The van der Waals surface area contributed by atoms with Gasteiger partial charge in [-0.1, -0.05) is 77.9 Å². The number of pyridine rings is 8. The average Bonchev–Trinajstić information content (AvgIpc) is 3.61. The van der Waals surface area contributed by atoms with E-state index in [2.05, 4.69) is 124 Å². The first kappa shape index (κ1) is 57.8. The maximum absolute atomic E-state index is 6.35. The number of benzene rings is 4. The van der Waals surface area contributed by atoms with Crippen LogP contribution >= 0.6 is 37.7 Å². The number of rotatable bonds is 6. The molecule has 0 aliphatic carbocycles. The third-order valence-electron chi connectivity index (χ3n) is 13.6. The number of ether oxygens (including phenoxy) is 2. The molecule has 12 aromatic heterocycles.